The van der Waals surface area contributed by atoms with Crippen molar-refractivity contribution in [3.63, 3.8) is 0 Å². The summed E-state index contributed by atoms with van der Waals surface area (Å²) in [5.74, 6) is -0.908. The topological polar surface area (TPSA) is 71.2 Å². The minimum Gasteiger partial charge on any atom is -0.464 e. The van der Waals surface area contributed by atoms with E-state index in [0.717, 1.165) is 16.5 Å². The van der Waals surface area contributed by atoms with Gasteiger partial charge in [0.1, 0.15) is 5.70 Å². The summed E-state index contributed by atoms with van der Waals surface area (Å²) in [5, 5.41) is 3.50. The highest BCUT2D eigenvalue weighted by Gasteiger charge is 2.12. The molecule has 1 amide bonds. The highest BCUT2D eigenvalue weighted by molar-refractivity contribution is 6.00. The Balaban J connectivity index is 2.48. The molecule has 98 valence electrons. The van der Waals surface area contributed by atoms with Crippen LogP contribution in [0.1, 0.15) is 12.5 Å². The van der Waals surface area contributed by atoms with Crippen molar-refractivity contribution in [3.8, 4) is 0 Å². The van der Waals surface area contributed by atoms with Crippen LogP contribution < -0.4 is 5.32 Å². The molecule has 1 heterocycles. The Morgan fingerprint density at radius 1 is 1.32 bits per heavy atom. The van der Waals surface area contributed by atoms with E-state index >= 15 is 0 Å². The second kappa shape index (κ2) is 5.39. The number of methoxy groups -OCH3 is 1. The van der Waals surface area contributed by atoms with Gasteiger partial charge < -0.3 is 15.0 Å². The van der Waals surface area contributed by atoms with Gasteiger partial charge in [-0.25, -0.2) is 4.79 Å². The van der Waals surface area contributed by atoms with Crippen LogP contribution in [0.5, 0.6) is 0 Å². The molecule has 5 nitrogen and oxygen atoms in total. The Bertz CT molecular complexity index is 656. The number of ether oxygens (including phenoxy) is 1. The Morgan fingerprint density at radius 2 is 2.11 bits per heavy atom. The fraction of sp³-hybridized carbons (Fsp3) is 0.143. The molecule has 1 aromatic heterocycles. The van der Waals surface area contributed by atoms with Crippen LogP contribution >= 0.6 is 0 Å². The van der Waals surface area contributed by atoms with E-state index in [0.29, 0.717) is 0 Å². The maximum atomic E-state index is 11.6. The largest absolute Gasteiger partial charge is 0.464 e. The normalized spacial score (nSPS) is 11.4. The van der Waals surface area contributed by atoms with Crippen LogP contribution in [-0.2, 0) is 14.3 Å². The molecule has 5 heteroatoms. The lowest BCUT2D eigenvalue weighted by Gasteiger charge is -2.06. The first kappa shape index (κ1) is 12.9. The maximum Gasteiger partial charge on any atom is 0.354 e. The van der Waals surface area contributed by atoms with Gasteiger partial charge >= 0.3 is 5.97 Å². The van der Waals surface area contributed by atoms with Gasteiger partial charge in [-0.15, -0.1) is 0 Å². The van der Waals surface area contributed by atoms with Crippen molar-refractivity contribution >= 4 is 28.9 Å². The fourth-order valence-electron chi connectivity index (χ4n) is 1.83. The third-order valence-electron chi connectivity index (χ3n) is 2.64. The van der Waals surface area contributed by atoms with Crippen molar-refractivity contribution in [2.75, 3.05) is 7.11 Å². The summed E-state index contributed by atoms with van der Waals surface area (Å²) in [5.41, 5.74) is 1.81. The van der Waals surface area contributed by atoms with E-state index in [1.807, 2.05) is 30.5 Å². The molecule has 0 radical (unpaired) electrons. The van der Waals surface area contributed by atoms with Gasteiger partial charge in [0.15, 0.2) is 0 Å². The van der Waals surface area contributed by atoms with E-state index in [-0.39, 0.29) is 11.6 Å². The number of para-hydroxylation sites is 1. The molecule has 0 atom stereocenters. The highest BCUT2D eigenvalue weighted by atomic mass is 16.5. The van der Waals surface area contributed by atoms with Crippen molar-refractivity contribution in [2.45, 2.75) is 6.92 Å². The Morgan fingerprint density at radius 3 is 2.79 bits per heavy atom. The lowest BCUT2D eigenvalue weighted by atomic mass is 10.1. The lowest BCUT2D eigenvalue weighted by Crippen LogP contribution is -2.25. The SMILES string of the molecule is COC(=O)/C(=C/c1cccc2cc[nH]c12)NC(C)=O. The summed E-state index contributed by atoms with van der Waals surface area (Å²) in [4.78, 5) is 25.8. The molecule has 2 aromatic rings. The van der Waals surface area contributed by atoms with Crippen molar-refractivity contribution in [2.24, 2.45) is 0 Å². The average Bonchev–Trinajstić information content (AvgIpc) is 2.85. The summed E-state index contributed by atoms with van der Waals surface area (Å²) in [6, 6.07) is 7.62. The summed E-state index contributed by atoms with van der Waals surface area (Å²) in [6.45, 7) is 1.34. The summed E-state index contributed by atoms with van der Waals surface area (Å²) >= 11 is 0. The van der Waals surface area contributed by atoms with Crippen LogP contribution in [0.2, 0.25) is 0 Å². The molecule has 0 saturated carbocycles. The minimum absolute atomic E-state index is 0.108. The Labute approximate surface area is 110 Å². The first-order chi connectivity index (χ1) is 9.11. The van der Waals surface area contributed by atoms with E-state index in [9.17, 15) is 9.59 Å². The van der Waals surface area contributed by atoms with E-state index in [1.165, 1.54) is 14.0 Å². The van der Waals surface area contributed by atoms with E-state index in [2.05, 4.69) is 15.0 Å². The van der Waals surface area contributed by atoms with Crippen LogP contribution in [-0.4, -0.2) is 24.0 Å². The molecule has 1 aromatic carbocycles. The van der Waals surface area contributed by atoms with Crippen molar-refractivity contribution < 1.29 is 14.3 Å². The fourth-order valence-corrected chi connectivity index (χ4v) is 1.83. The predicted molar refractivity (Wildman–Crippen MR) is 72.1 cm³/mol. The number of rotatable bonds is 3. The molecule has 0 aliphatic rings. The Kier molecular flexibility index (Phi) is 3.66. The number of hydrogen-bond acceptors (Lipinski definition) is 3. The summed E-state index contributed by atoms with van der Waals surface area (Å²) in [6.07, 6.45) is 3.41. The van der Waals surface area contributed by atoms with Crippen molar-refractivity contribution in [3.05, 3.63) is 41.7 Å². The highest BCUT2D eigenvalue weighted by Crippen LogP contribution is 2.19. The zero-order chi connectivity index (χ0) is 13.8. The lowest BCUT2D eigenvalue weighted by molar-refractivity contribution is -0.137. The number of nitrogens with one attached hydrogen (secondary N) is 2. The smallest absolute Gasteiger partial charge is 0.354 e. The molecule has 0 saturated heterocycles. The number of H-pyrrole nitrogens is 1. The number of aromatic nitrogens is 1. The van der Waals surface area contributed by atoms with E-state index in [4.69, 9.17) is 0 Å². The van der Waals surface area contributed by atoms with Crippen LogP contribution in [0.4, 0.5) is 0 Å². The number of benzene rings is 1. The zero-order valence-electron chi connectivity index (χ0n) is 10.7. The number of aromatic amines is 1. The van der Waals surface area contributed by atoms with E-state index in [1.54, 1.807) is 6.08 Å². The van der Waals surface area contributed by atoms with Gasteiger partial charge in [-0.05, 0) is 17.5 Å². The first-order valence-electron chi connectivity index (χ1n) is 5.75. The third kappa shape index (κ3) is 2.82. The standard InChI is InChI=1S/C14H14N2O3/c1-9(17)16-12(14(18)19-2)8-11-5-3-4-10-6-7-15-13(10)11/h3-8,15H,1-2H3,(H,16,17)/b12-8-. The average molecular weight is 258 g/mol. The number of carbonyl (C=O) groups is 2. The molecule has 0 aliphatic heterocycles. The summed E-state index contributed by atoms with van der Waals surface area (Å²) in [7, 11) is 1.27. The molecular formula is C14H14N2O3. The molecule has 19 heavy (non-hydrogen) atoms. The van der Waals surface area contributed by atoms with Crippen molar-refractivity contribution in [1.29, 1.82) is 0 Å². The van der Waals surface area contributed by atoms with Gasteiger partial charge in [0.05, 0.1) is 12.6 Å². The third-order valence-corrected chi connectivity index (χ3v) is 2.64. The molecule has 0 bridgehead atoms. The van der Waals surface area contributed by atoms with Crippen molar-refractivity contribution in [1.82, 2.24) is 10.3 Å². The molecule has 0 aliphatic carbocycles. The number of esters is 1. The predicted octanol–water partition coefficient (Wildman–Crippen LogP) is 1.82. The van der Waals surface area contributed by atoms with E-state index < -0.39 is 5.97 Å². The summed E-state index contributed by atoms with van der Waals surface area (Å²) < 4.78 is 4.65. The molecular weight excluding hydrogens is 244 g/mol. The quantitative estimate of drug-likeness (QED) is 0.651. The van der Waals surface area contributed by atoms with Gasteiger partial charge in [-0.1, -0.05) is 18.2 Å². The Hall–Kier alpha value is -2.56. The molecule has 2 N–H and O–H groups in total. The number of fused-ring (bicyclic) bond motifs is 1. The first-order valence-corrected chi connectivity index (χ1v) is 5.75. The monoisotopic (exact) mass is 258 g/mol. The molecule has 0 unspecified atom stereocenters. The number of amides is 1. The maximum absolute atomic E-state index is 11.6. The van der Waals surface area contributed by atoms with Gasteiger partial charge in [0.25, 0.3) is 0 Å². The molecule has 2 rings (SSSR count). The van der Waals surface area contributed by atoms with Gasteiger partial charge in [-0.3, -0.25) is 4.79 Å². The second-order valence-electron chi connectivity index (χ2n) is 4.02. The zero-order valence-corrected chi connectivity index (χ0v) is 10.7. The van der Waals surface area contributed by atoms with Gasteiger partial charge in [0, 0.05) is 18.7 Å². The van der Waals surface area contributed by atoms with Gasteiger partial charge in [0.2, 0.25) is 5.91 Å². The number of carbonyl (C=O) groups excluding carboxylic acids is 2. The molecule has 0 spiro atoms. The van der Waals surface area contributed by atoms with Gasteiger partial charge in [-0.2, -0.15) is 0 Å². The number of hydrogen-bond donors (Lipinski definition) is 2. The van der Waals surface area contributed by atoms with Crippen LogP contribution in [0.3, 0.4) is 0 Å². The molecule has 0 fully saturated rings. The van der Waals surface area contributed by atoms with Crippen LogP contribution in [0.15, 0.2) is 36.2 Å². The minimum atomic E-state index is -0.584. The van der Waals surface area contributed by atoms with Crippen LogP contribution in [0, 0.1) is 0 Å². The van der Waals surface area contributed by atoms with Crippen LogP contribution in [0.25, 0.3) is 17.0 Å². The second-order valence-corrected chi connectivity index (χ2v) is 4.02.